The Hall–Kier alpha value is -3.22. The second-order valence-electron chi connectivity index (χ2n) is 5.53. The Morgan fingerprint density at radius 2 is 2.04 bits per heavy atom. The molecule has 0 atom stereocenters. The summed E-state index contributed by atoms with van der Waals surface area (Å²) in [5.41, 5.74) is 0.770. The van der Waals surface area contributed by atoms with Gasteiger partial charge in [0.05, 0.1) is 11.5 Å². The standard InChI is InChI=1S/C19H19FN2O4/c1-2-3-10-26-19(23)18(12-14-6-4-7-15(20)11-14)21-16-8-5-9-17(13-16)22(24)25/h4-9,11-13,21H,2-3,10H2,1H3. The molecule has 0 heterocycles. The highest BCUT2D eigenvalue weighted by Gasteiger charge is 2.14. The number of carbonyl (C=O) groups excluding carboxylic acids is 1. The molecule has 7 heteroatoms. The molecule has 0 saturated heterocycles. The van der Waals surface area contributed by atoms with Crippen molar-refractivity contribution in [3.63, 3.8) is 0 Å². The third-order valence-corrected chi connectivity index (χ3v) is 3.45. The van der Waals surface area contributed by atoms with E-state index in [1.54, 1.807) is 12.1 Å². The highest BCUT2D eigenvalue weighted by Crippen LogP contribution is 2.20. The number of unbranched alkanes of at least 4 members (excludes halogenated alkanes) is 1. The zero-order chi connectivity index (χ0) is 18.9. The van der Waals surface area contributed by atoms with Crippen molar-refractivity contribution < 1.29 is 18.8 Å². The molecule has 136 valence electrons. The maximum atomic E-state index is 13.4. The number of anilines is 1. The number of hydrogen-bond donors (Lipinski definition) is 1. The number of benzene rings is 2. The number of nitro groups is 1. The molecule has 6 nitrogen and oxygen atoms in total. The topological polar surface area (TPSA) is 81.5 Å². The summed E-state index contributed by atoms with van der Waals surface area (Å²) in [4.78, 5) is 22.7. The molecule has 0 amide bonds. The van der Waals surface area contributed by atoms with Crippen molar-refractivity contribution in [1.29, 1.82) is 0 Å². The molecule has 2 aromatic carbocycles. The van der Waals surface area contributed by atoms with Crippen molar-refractivity contribution in [2.75, 3.05) is 11.9 Å². The molecular weight excluding hydrogens is 339 g/mol. The minimum atomic E-state index is -0.616. The smallest absolute Gasteiger partial charge is 0.354 e. The van der Waals surface area contributed by atoms with Crippen LogP contribution in [0.15, 0.2) is 54.2 Å². The molecule has 0 aliphatic heterocycles. The van der Waals surface area contributed by atoms with Gasteiger partial charge in [-0.2, -0.15) is 0 Å². The summed E-state index contributed by atoms with van der Waals surface area (Å²) in [7, 11) is 0. The first kappa shape index (κ1) is 19.1. The number of rotatable bonds is 8. The third kappa shape index (κ3) is 5.70. The lowest BCUT2D eigenvalue weighted by Crippen LogP contribution is -2.15. The van der Waals surface area contributed by atoms with E-state index in [9.17, 15) is 19.3 Å². The van der Waals surface area contributed by atoms with E-state index in [0.29, 0.717) is 11.3 Å². The average Bonchev–Trinajstić information content (AvgIpc) is 2.61. The van der Waals surface area contributed by atoms with Crippen LogP contribution in [-0.4, -0.2) is 17.5 Å². The van der Waals surface area contributed by atoms with Gasteiger partial charge in [0.15, 0.2) is 0 Å². The van der Waals surface area contributed by atoms with Crippen LogP contribution >= 0.6 is 0 Å². The largest absolute Gasteiger partial charge is 0.461 e. The summed E-state index contributed by atoms with van der Waals surface area (Å²) in [6.45, 7) is 2.23. The Bertz CT molecular complexity index is 821. The molecule has 0 aliphatic carbocycles. The molecule has 0 aliphatic rings. The number of ether oxygens (including phenoxy) is 1. The summed E-state index contributed by atoms with van der Waals surface area (Å²) < 4.78 is 18.6. The maximum Gasteiger partial charge on any atom is 0.354 e. The maximum absolute atomic E-state index is 13.4. The highest BCUT2D eigenvalue weighted by molar-refractivity contribution is 5.97. The number of nitrogens with zero attached hydrogens (tertiary/aromatic N) is 1. The van der Waals surface area contributed by atoms with Gasteiger partial charge in [-0.25, -0.2) is 9.18 Å². The number of hydrogen-bond acceptors (Lipinski definition) is 5. The fourth-order valence-electron chi connectivity index (χ4n) is 2.15. The van der Waals surface area contributed by atoms with Crippen LogP contribution in [0.2, 0.25) is 0 Å². The zero-order valence-electron chi connectivity index (χ0n) is 14.3. The minimum Gasteiger partial charge on any atom is -0.461 e. The van der Waals surface area contributed by atoms with Crippen LogP contribution in [0.1, 0.15) is 25.3 Å². The lowest BCUT2D eigenvalue weighted by molar-refractivity contribution is -0.384. The molecule has 2 aromatic rings. The quantitative estimate of drug-likeness (QED) is 0.246. The van der Waals surface area contributed by atoms with Crippen molar-refractivity contribution in [2.45, 2.75) is 19.8 Å². The van der Waals surface area contributed by atoms with Crippen LogP contribution in [0.5, 0.6) is 0 Å². The van der Waals surface area contributed by atoms with E-state index in [0.717, 1.165) is 12.8 Å². The van der Waals surface area contributed by atoms with E-state index in [1.807, 2.05) is 6.92 Å². The predicted molar refractivity (Wildman–Crippen MR) is 97.0 cm³/mol. The van der Waals surface area contributed by atoms with Gasteiger partial charge >= 0.3 is 5.97 Å². The van der Waals surface area contributed by atoms with Gasteiger partial charge in [-0.15, -0.1) is 0 Å². The van der Waals surface area contributed by atoms with Crippen LogP contribution in [0.3, 0.4) is 0 Å². The van der Waals surface area contributed by atoms with Gasteiger partial charge in [0.1, 0.15) is 11.5 Å². The summed E-state index contributed by atoms with van der Waals surface area (Å²) in [6, 6.07) is 11.5. The molecule has 0 fully saturated rings. The molecule has 0 unspecified atom stereocenters. The Morgan fingerprint density at radius 3 is 2.73 bits per heavy atom. The monoisotopic (exact) mass is 358 g/mol. The number of non-ortho nitro benzene ring substituents is 1. The molecule has 0 radical (unpaired) electrons. The highest BCUT2D eigenvalue weighted by atomic mass is 19.1. The van der Waals surface area contributed by atoms with Gasteiger partial charge in [-0.3, -0.25) is 10.1 Å². The van der Waals surface area contributed by atoms with Gasteiger partial charge < -0.3 is 10.1 Å². The molecule has 0 bridgehead atoms. The summed E-state index contributed by atoms with van der Waals surface area (Å²) in [6.07, 6.45) is 3.03. The van der Waals surface area contributed by atoms with E-state index in [4.69, 9.17) is 4.74 Å². The fourth-order valence-corrected chi connectivity index (χ4v) is 2.15. The van der Waals surface area contributed by atoms with Crippen LogP contribution < -0.4 is 5.32 Å². The normalized spacial score (nSPS) is 11.1. The Balaban J connectivity index is 2.29. The molecule has 0 saturated carbocycles. The van der Waals surface area contributed by atoms with Gasteiger partial charge in [0, 0.05) is 17.8 Å². The van der Waals surface area contributed by atoms with Gasteiger partial charge in [-0.05, 0) is 36.3 Å². The third-order valence-electron chi connectivity index (χ3n) is 3.45. The minimum absolute atomic E-state index is 0.0622. The van der Waals surface area contributed by atoms with Crippen LogP contribution in [0.25, 0.3) is 6.08 Å². The Labute approximate surface area is 150 Å². The van der Waals surface area contributed by atoms with E-state index in [2.05, 4.69) is 5.32 Å². The van der Waals surface area contributed by atoms with E-state index in [1.165, 1.54) is 42.5 Å². The predicted octanol–water partition coefficient (Wildman–Crippen LogP) is 4.53. The molecule has 0 spiro atoms. The number of carbonyl (C=O) groups is 1. The van der Waals surface area contributed by atoms with E-state index < -0.39 is 16.7 Å². The van der Waals surface area contributed by atoms with Crippen molar-refractivity contribution in [1.82, 2.24) is 0 Å². The molecular formula is C19H19FN2O4. The summed E-state index contributed by atoms with van der Waals surface area (Å²) >= 11 is 0. The number of halogens is 1. The SMILES string of the molecule is CCCCOC(=O)C(=Cc1cccc(F)c1)Nc1cccc([N+](=O)[O-])c1. The van der Waals surface area contributed by atoms with E-state index >= 15 is 0 Å². The first-order chi connectivity index (χ1) is 12.5. The summed E-state index contributed by atoms with van der Waals surface area (Å²) in [5.74, 6) is -1.05. The Kier molecular flexibility index (Phi) is 6.84. The van der Waals surface area contributed by atoms with E-state index in [-0.39, 0.29) is 18.0 Å². The summed E-state index contributed by atoms with van der Waals surface area (Å²) in [5, 5.41) is 13.7. The van der Waals surface area contributed by atoms with Gasteiger partial charge in [-0.1, -0.05) is 31.5 Å². The Morgan fingerprint density at radius 1 is 1.27 bits per heavy atom. The van der Waals surface area contributed by atoms with Crippen molar-refractivity contribution in [3.05, 3.63) is 75.7 Å². The number of nitro benzene ring substituents is 1. The molecule has 0 aromatic heterocycles. The van der Waals surface area contributed by atoms with Crippen LogP contribution in [0, 0.1) is 15.9 Å². The number of esters is 1. The van der Waals surface area contributed by atoms with Crippen LogP contribution in [0.4, 0.5) is 15.8 Å². The zero-order valence-corrected chi connectivity index (χ0v) is 14.3. The average molecular weight is 358 g/mol. The van der Waals surface area contributed by atoms with Crippen molar-refractivity contribution >= 4 is 23.4 Å². The van der Waals surface area contributed by atoms with Crippen LogP contribution in [-0.2, 0) is 9.53 Å². The lowest BCUT2D eigenvalue weighted by Gasteiger charge is -2.11. The lowest BCUT2D eigenvalue weighted by atomic mass is 10.1. The molecule has 2 rings (SSSR count). The van der Waals surface area contributed by atoms with Gasteiger partial charge in [0.2, 0.25) is 0 Å². The fraction of sp³-hybridized carbons (Fsp3) is 0.211. The molecule has 26 heavy (non-hydrogen) atoms. The second kappa shape index (κ2) is 9.31. The first-order valence-corrected chi connectivity index (χ1v) is 8.15. The van der Waals surface area contributed by atoms with Gasteiger partial charge in [0.25, 0.3) is 5.69 Å². The molecule has 1 N–H and O–H groups in total. The van der Waals surface area contributed by atoms with Crippen molar-refractivity contribution in [3.8, 4) is 0 Å². The van der Waals surface area contributed by atoms with Crippen molar-refractivity contribution in [2.24, 2.45) is 0 Å². The second-order valence-corrected chi connectivity index (χ2v) is 5.53. The first-order valence-electron chi connectivity index (χ1n) is 8.15. The number of nitrogens with one attached hydrogen (secondary N) is 1.